The molecule has 1 unspecified atom stereocenters. The van der Waals surface area contributed by atoms with Gasteiger partial charge >= 0.3 is 0 Å². The van der Waals surface area contributed by atoms with Crippen LogP contribution in [0.25, 0.3) is 0 Å². The van der Waals surface area contributed by atoms with Crippen LogP contribution in [-0.4, -0.2) is 24.3 Å². The van der Waals surface area contributed by atoms with Gasteiger partial charge in [0.2, 0.25) is 0 Å². The molecular formula is C16H18BrNOS. The maximum atomic E-state index is 12.2. The summed E-state index contributed by atoms with van der Waals surface area (Å²) in [5.41, 5.74) is 0.775. The summed E-state index contributed by atoms with van der Waals surface area (Å²) in [6.07, 6.45) is 0.544. The number of Topliss-reactive ketones (excluding diaryl/α,β-unsaturated/α-hetero) is 1. The van der Waals surface area contributed by atoms with Crippen LogP contribution in [0.15, 0.2) is 46.3 Å². The zero-order chi connectivity index (χ0) is 14.5. The molecule has 0 fully saturated rings. The van der Waals surface area contributed by atoms with Gasteiger partial charge < -0.3 is 0 Å². The molecule has 0 saturated carbocycles. The summed E-state index contributed by atoms with van der Waals surface area (Å²) >= 11 is 5.16. The van der Waals surface area contributed by atoms with Gasteiger partial charge in [-0.2, -0.15) is 0 Å². The van der Waals surface area contributed by atoms with E-state index >= 15 is 0 Å². The first kappa shape index (κ1) is 15.4. The van der Waals surface area contributed by atoms with Crippen molar-refractivity contribution in [2.24, 2.45) is 0 Å². The van der Waals surface area contributed by atoms with Crippen molar-refractivity contribution in [1.29, 1.82) is 0 Å². The number of ketones is 1. The van der Waals surface area contributed by atoms with E-state index in [1.165, 1.54) is 4.88 Å². The van der Waals surface area contributed by atoms with Crippen molar-refractivity contribution in [3.8, 4) is 0 Å². The lowest BCUT2D eigenvalue weighted by molar-refractivity contribution is 0.0962. The fourth-order valence-electron chi connectivity index (χ4n) is 2.02. The lowest BCUT2D eigenvalue weighted by Gasteiger charge is -2.23. The Hall–Kier alpha value is -0.970. The molecule has 0 N–H and O–H groups in total. The third kappa shape index (κ3) is 4.01. The fourth-order valence-corrected chi connectivity index (χ4v) is 3.27. The zero-order valence-electron chi connectivity index (χ0n) is 11.7. The fraction of sp³-hybridized carbons (Fsp3) is 0.312. The van der Waals surface area contributed by atoms with E-state index in [2.05, 4.69) is 52.3 Å². The van der Waals surface area contributed by atoms with Gasteiger partial charge in [-0.15, -0.1) is 11.3 Å². The van der Waals surface area contributed by atoms with Crippen LogP contribution in [-0.2, 0) is 0 Å². The van der Waals surface area contributed by atoms with E-state index in [1.54, 1.807) is 11.3 Å². The number of carbonyl (C=O) groups excluding carboxylic acids is 1. The van der Waals surface area contributed by atoms with Gasteiger partial charge in [0.15, 0.2) is 5.78 Å². The Bertz CT molecular complexity index is 568. The quantitative estimate of drug-likeness (QED) is 0.698. The van der Waals surface area contributed by atoms with Crippen LogP contribution in [0.2, 0.25) is 0 Å². The summed E-state index contributed by atoms with van der Waals surface area (Å²) < 4.78 is 0.948. The first-order valence-corrected chi connectivity index (χ1v) is 8.27. The minimum absolute atomic E-state index is 0.191. The van der Waals surface area contributed by atoms with Crippen molar-refractivity contribution in [2.45, 2.75) is 19.4 Å². The molecule has 1 heterocycles. The largest absolute Gasteiger partial charge is 0.298 e. The predicted octanol–water partition coefficient (Wildman–Crippen LogP) is 4.78. The summed E-state index contributed by atoms with van der Waals surface area (Å²) in [5, 5.41) is 2.09. The van der Waals surface area contributed by atoms with Gasteiger partial charge in [0.1, 0.15) is 0 Å². The van der Waals surface area contributed by atoms with Crippen molar-refractivity contribution in [1.82, 2.24) is 4.90 Å². The van der Waals surface area contributed by atoms with Gasteiger partial charge in [-0.25, -0.2) is 0 Å². The lowest BCUT2D eigenvalue weighted by atomic mass is 10.1. The second-order valence-electron chi connectivity index (χ2n) is 4.86. The maximum Gasteiger partial charge on any atom is 0.164 e. The van der Waals surface area contributed by atoms with E-state index in [0.29, 0.717) is 12.5 Å². The molecule has 0 spiro atoms. The van der Waals surface area contributed by atoms with E-state index in [0.717, 1.165) is 16.6 Å². The molecule has 0 radical (unpaired) electrons. The number of benzene rings is 1. The van der Waals surface area contributed by atoms with Crippen LogP contribution in [0.4, 0.5) is 0 Å². The molecular weight excluding hydrogens is 334 g/mol. The number of hydrogen-bond acceptors (Lipinski definition) is 3. The smallest absolute Gasteiger partial charge is 0.164 e. The Labute approximate surface area is 132 Å². The van der Waals surface area contributed by atoms with Crippen LogP contribution in [0, 0.1) is 0 Å². The van der Waals surface area contributed by atoms with Crippen LogP contribution in [0.5, 0.6) is 0 Å². The van der Waals surface area contributed by atoms with Crippen molar-refractivity contribution >= 4 is 33.0 Å². The molecule has 4 heteroatoms. The van der Waals surface area contributed by atoms with Gasteiger partial charge in [-0.05, 0) is 37.6 Å². The Kier molecular flexibility index (Phi) is 5.52. The second kappa shape index (κ2) is 7.16. The third-order valence-corrected chi connectivity index (χ3v) is 4.99. The highest BCUT2D eigenvalue weighted by Gasteiger charge is 2.14. The summed E-state index contributed by atoms with van der Waals surface area (Å²) in [7, 11) is 2.07. The highest BCUT2D eigenvalue weighted by atomic mass is 79.9. The number of thiophene rings is 1. The molecule has 0 amide bonds. The molecule has 0 aliphatic rings. The van der Waals surface area contributed by atoms with Crippen molar-refractivity contribution < 1.29 is 4.79 Å². The SMILES string of the molecule is CC(c1cccs1)N(C)CCC(=O)c1cccc(Br)c1. The van der Waals surface area contributed by atoms with Crippen molar-refractivity contribution in [2.75, 3.05) is 13.6 Å². The highest BCUT2D eigenvalue weighted by molar-refractivity contribution is 9.10. The monoisotopic (exact) mass is 351 g/mol. The predicted molar refractivity (Wildman–Crippen MR) is 88.5 cm³/mol. The summed E-state index contributed by atoms with van der Waals surface area (Å²) in [4.78, 5) is 15.7. The summed E-state index contributed by atoms with van der Waals surface area (Å²) in [5.74, 6) is 0.191. The molecule has 2 nitrogen and oxygen atoms in total. The van der Waals surface area contributed by atoms with Gasteiger partial charge in [-0.3, -0.25) is 9.69 Å². The Morgan fingerprint density at radius 1 is 1.35 bits per heavy atom. The Morgan fingerprint density at radius 2 is 2.15 bits per heavy atom. The maximum absolute atomic E-state index is 12.2. The molecule has 1 atom stereocenters. The van der Waals surface area contributed by atoms with E-state index in [9.17, 15) is 4.79 Å². The molecule has 0 aliphatic carbocycles. The minimum Gasteiger partial charge on any atom is -0.298 e. The molecule has 2 rings (SSSR count). The van der Waals surface area contributed by atoms with Gasteiger partial charge in [0, 0.05) is 33.9 Å². The third-order valence-electron chi connectivity index (χ3n) is 3.45. The van der Waals surface area contributed by atoms with E-state index in [4.69, 9.17) is 0 Å². The van der Waals surface area contributed by atoms with Crippen LogP contribution >= 0.6 is 27.3 Å². The molecule has 0 saturated heterocycles. The van der Waals surface area contributed by atoms with Gasteiger partial charge in [0.05, 0.1) is 0 Å². The zero-order valence-corrected chi connectivity index (χ0v) is 14.1. The molecule has 0 bridgehead atoms. The molecule has 0 aliphatic heterocycles. The van der Waals surface area contributed by atoms with E-state index < -0.39 is 0 Å². The lowest BCUT2D eigenvalue weighted by Crippen LogP contribution is -2.24. The van der Waals surface area contributed by atoms with Crippen molar-refractivity contribution in [3.63, 3.8) is 0 Å². The van der Waals surface area contributed by atoms with Crippen LogP contribution in [0.1, 0.15) is 34.6 Å². The Morgan fingerprint density at radius 3 is 2.80 bits per heavy atom. The standard InChI is InChI=1S/C16H18BrNOS/c1-12(16-7-4-10-20-16)18(2)9-8-15(19)13-5-3-6-14(17)11-13/h3-7,10-12H,8-9H2,1-2H3. The number of hydrogen-bond donors (Lipinski definition) is 0. The number of carbonyl (C=O) groups is 1. The second-order valence-corrected chi connectivity index (χ2v) is 6.75. The minimum atomic E-state index is 0.191. The molecule has 1 aromatic carbocycles. The van der Waals surface area contributed by atoms with Crippen LogP contribution < -0.4 is 0 Å². The first-order chi connectivity index (χ1) is 9.58. The van der Waals surface area contributed by atoms with Gasteiger partial charge in [-0.1, -0.05) is 34.1 Å². The van der Waals surface area contributed by atoms with Crippen LogP contribution in [0.3, 0.4) is 0 Å². The Balaban J connectivity index is 1.90. The van der Waals surface area contributed by atoms with E-state index in [-0.39, 0.29) is 5.78 Å². The normalized spacial score (nSPS) is 12.6. The molecule has 20 heavy (non-hydrogen) atoms. The van der Waals surface area contributed by atoms with Crippen molar-refractivity contribution in [3.05, 3.63) is 56.7 Å². The summed E-state index contributed by atoms with van der Waals surface area (Å²) in [6, 6.07) is 12.1. The number of rotatable bonds is 6. The number of halogens is 1. The number of nitrogens with zero attached hydrogens (tertiary/aromatic N) is 1. The van der Waals surface area contributed by atoms with Gasteiger partial charge in [0.25, 0.3) is 0 Å². The average molecular weight is 352 g/mol. The molecule has 1 aromatic heterocycles. The van der Waals surface area contributed by atoms with E-state index in [1.807, 2.05) is 24.3 Å². The topological polar surface area (TPSA) is 20.3 Å². The first-order valence-electron chi connectivity index (χ1n) is 6.60. The summed E-state index contributed by atoms with van der Waals surface area (Å²) in [6.45, 7) is 2.94. The average Bonchev–Trinajstić information content (AvgIpc) is 2.97. The highest BCUT2D eigenvalue weighted by Crippen LogP contribution is 2.23. The molecule has 2 aromatic rings. The molecule has 106 valence electrons.